The third kappa shape index (κ3) is 2.79. The molecule has 0 unspecified atom stereocenters. The van der Waals surface area contributed by atoms with Gasteiger partial charge in [-0.05, 0) is 22.9 Å². The van der Waals surface area contributed by atoms with Crippen LogP contribution in [0, 0.1) is 0 Å². The van der Waals surface area contributed by atoms with Crippen molar-refractivity contribution in [1.29, 1.82) is 0 Å². The van der Waals surface area contributed by atoms with Crippen LogP contribution in [0.2, 0.25) is 0 Å². The molecule has 0 saturated heterocycles. The summed E-state index contributed by atoms with van der Waals surface area (Å²) in [6.07, 6.45) is 1.35. The number of amides is 1. The zero-order chi connectivity index (χ0) is 11.4. The van der Waals surface area contributed by atoms with Gasteiger partial charge in [0.2, 0.25) is 5.91 Å². The Kier molecular flexibility index (Phi) is 3.84. The Morgan fingerprint density at radius 3 is 2.80 bits per heavy atom. The molecule has 1 rings (SSSR count). The van der Waals surface area contributed by atoms with Crippen molar-refractivity contribution in [3.8, 4) is 0 Å². The molecule has 1 aromatic rings. The molecule has 82 valence electrons. The van der Waals surface area contributed by atoms with E-state index in [1.807, 2.05) is 6.92 Å². The lowest BCUT2D eigenvalue weighted by molar-refractivity contribution is -0.116. The average Bonchev–Trinajstić information content (AvgIpc) is 2.19. The second-order valence-electron chi connectivity index (χ2n) is 2.88. The third-order valence-corrected chi connectivity index (χ3v) is 2.59. The van der Waals surface area contributed by atoms with Crippen LogP contribution in [0.1, 0.15) is 6.92 Å². The standard InChI is InChI=1S/C8H12BrN5O/c1-2-14(3-5(10)15)8-6(9)7(11)12-4-13-8/h4H,2-3H2,1H3,(H2,10,15)(H2,11,12,13). The van der Waals surface area contributed by atoms with Crippen LogP contribution >= 0.6 is 15.9 Å². The lowest BCUT2D eigenvalue weighted by Gasteiger charge is -2.21. The van der Waals surface area contributed by atoms with E-state index in [0.29, 0.717) is 22.7 Å². The first-order valence-corrected chi connectivity index (χ1v) is 5.14. The molecule has 0 aromatic carbocycles. The minimum atomic E-state index is -0.416. The molecular formula is C8H12BrN5O. The van der Waals surface area contributed by atoms with E-state index < -0.39 is 5.91 Å². The summed E-state index contributed by atoms with van der Waals surface area (Å²) >= 11 is 3.27. The second-order valence-corrected chi connectivity index (χ2v) is 3.67. The molecule has 0 fully saturated rings. The Morgan fingerprint density at radius 2 is 2.27 bits per heavy atom. The first kappa shape index (κ1) is 11.7. The molecule has 1 heterocycles. The Morgan fingerprint density at radius 1 is 1.60 bits per heavy atom. The van der Waals surface area contributed by atoms with Crippen molar-refractivity contribution in [2.24, 2.45) is 5.73 Å². The van der Waals surface area contributed by atoms with Gasteiger partial charge in [0.1, 0.15) is 22.4 Å². The summed E-state index contributed by atoms with van der Waals surface area (Å²) < 4.78 is 0.577. The fourth-order valence-corrected chi connectivity index (χ4v) is 1.57. The van der Waals surface area contributed by atoms with Gasteiger partial charge in [-0.3, -0.25) is 4.79 Å². The summed E-state index contributed by atoms with van der Waals surface area (Å²) in [6, 6.07) is 0. The predicted octanol–water partition coefficient (Wildman–Crippen LogP) is 0.133. The van der Waals surface area contributed by atoms with E-state index in [9.17, 15) is 4.79 Å². The Bertz CT molecular complexity index is 370. The fraction of sp³-hybridized carbons (Fsp3) is 0.375. The SMILES string of the molecule is CCN(CC(N)=O)c1ncnc(N)c1Br. The minimum absolute atomic E-state index is 0.103. The Labute approximate surface area is 95.8 Å². The van der Waals surface area contributed by atoms with Crippen molar-refractivity contribution in [1.82, 2.24) is 9.97 Å². The van der Waals surface area contributed by atoms with E-state index >= 15 is 0 Å². The van der Waals surface area contributed by atoms with Crippen LogP contribution in [0.4, 0.5) is 11.6 Å². The summed E-state index contributed by atoms with van der Waals surface area (Å²) in [4.78, 5) is 20.4. The first-order valence-electron chi connectivity index (χ1n) is 4.35. The van der Waals surface area contributed by atoms with Crippen molar-refractivity contribution in [2.75, 3.05) is 23.7 Å². The van der Waals surface area contributed by atoms with Crippen LogP contribution in [0.25, 0.3) is 0 Å². The number of primary amides is 1. The fourth-order valence-electron chi connectivity index (χ4n) is 1.12. The van der Waals surface area contributed by atoms with Crippen molar-refractivity contribution in [3.63, 3.8) is 0 Å². The van der Waals surface area contributed by atoms with Crippen LogP contribution < -0.4 is 16.4 Å². The lowest BCUT2D eigenvalue weighted by Crippen LogP contribution is -2.34. The molecule has 0 bridgehead atoms. The van der Waals surface area contributed by atoms with Crippen LogP contribution in [0.15, 0.2) is 10.8 Å². The molecular weight excluding hydrogens is 262 g/mol. The summed E-state index contributed by atoms with van der Waals surface area (Å²) in [6.45, 7) is 2.61. The quantitative estimate of drug-likeness (QED) is 0.813. The molecule has 1 aromatic heterocycles. The largest absolute Gasteiger partial charge is 0.383 e. The molecule has 0 saturated carbocycles. The van der Waals surface area contributed by atoms with Gasteiger partial charge in [-0.25, -0.2) is 9.97 Å². The van der Waals surface area contributed by atoms with Crippen molar-refractivity contribution < 1.29 is 4.79 Å². The number of halogens is 1. The van der Waals surface area contributed by atoms with Gasteiger partial charge >= 0.3 is 0 Å². The number of nitrogens with two attached hydrogens (primary N) is 2. The molecule has 0 aliphatic heterocycles. The maximum Gasteiger partial charge on any atom is 0.236 e. The molecule has 0 atom stereocenters. The van der Waals surface area contributed by atoms with Crippen molar-refractivity contribution in [2.45, 2.75) is 6.92 Å². The second kappa shape index (κ2) is 4.92. The number of nitrogens with zero attached hydrogens (tertiary/aromatic N) is 3. The molecule has 0 radical (unpaired) electrons. The number of carbonyl (C=O) groups excluding carboxylic acids is 1. The van der Waals surface area contributed by atoms with Gasteiger partial charge in [-0.1, -0.05) is 0 Å². The van der Waals surface area contributed by atoms with Crippen LogP contribution in [-0.4, -0.2) is 29.0 Å². The van der Waals surface area contributed by atoms with Crippen LogP contribution in [0.3, 0.4) is 0 Å². The molecule has 4 N–H and O–H groups in total. The predicted molar refractivity (Wildman–Crippen MR) is 61.2 cm³/mol. The number of aromatic nitrogens is 2. The van der Waals surface area contributed by atoms with E-state index in [4.69, 9.17) is 11.5 Å². The number of hydrogen-bond donors (Lipinski definition) is 2. The zero-order valence-corrected chi connectivity index (χ0v) is 9.86. The van der Waals surface area contributed by atoms with Gasteiger partial charge in [0, 0.05) is 6.54 Å². The van der Waals surface area contributed by atoms with Gasteiger partial charge in [-0.2, -0.15) is 0 Å². The maximum atomic E-state index is 10.8. The van der Waals surface area contributed by atoms with Crippen LogP contribution in [-0.2, 0) is 4.79 Å². The Hall–Kier alpha value is -1.37. The normalized spacial score (nSPS) is 10.0. The molecule has 7 heteroatoms. The number of hydrogen-bond acceptors (Lipinski definition) is 5. The molecule has 1 amide bonds. The first-order chi connectivity index (χ1) is 7.06. The monoisotopic (exact) mass is 273 g/mol. The summed E-state index contributed by atoms with van der Waals surface area (Å²) in [5.41, 5.74) is 10.7. The van der Waals surface area contributed by atoms with Gasteiger partial charge in [0.25, 0.3) is 0 Å². The van der Waals surface area contributed by atoms with Gasteiger partial charge < -0.3 is 16.4 Å². The smallest absolute Gasteiger partial charge is 0.236 e. The maximum absolute atomic E-state index is 10.8. The highest BCUT2D eigenvalue weighted by atomic mass is 79.9. The van der Waals surface area contributed by atoms with Gasteiger partial charge in [0.15, 0.2) is 0 Å². The van der Waals surface area contributed by atoms with E-state index in [0.717, 1.165) is 0 Å². The number of nitrogen functional groups attached to an aromatic ring is 1. The van der Waals surface area contributed by atoms with Gasteiger partial charge in [-0.15, -0.1) is 0 Å². The zero-order valence-electron chi connectivity index (χ0n) is 8.27. The third-order valence-electron chi connectivity index (χ3n) is 1.83. The highest BCUT2D eigenvalue weighted by Gasteiger charge is 2.14. The Balaban J connectivity index is 3.01. The van der Waals surface area contributed by atoms with E-state index in [2.05, 4.69) is 25.9 Å². The van der Waals surface area contributed by atoms with Crippen molar-refractivity contribution >= 4 is 33.5 Å². The molecule has 0 spiro atoms. The van der Waals surface area contributed by atoms with Gasteiger partial charge in [0.05, 0.1) is 6.54 Å². The van der Waals surface area contributed by atoms with Crippen LogP contribution in [0.5, 0.6) is 0 Å². The summed E-state index contributed by atoms with van der Waals surface area (Å²) in [7, 11) is 0. The highest BCUT2D eigenvalue weighted by Crippen LogP contribution is 2.26. The number of rotatable bonds is 4. The number of carbonyl (C=O) groups is 1. The summed E-state index contributed by atoms with van der Waals surface area (Å²) in [5.74, 6) is 0.493. The van der Waals surface area contributed by atoms with E-state index in [-0.39, 0.29) is 6.54 Å². The molecule has 15 heavy (non-hydrogen) atoms. The average molecular weight is 274 g/mol. The van der Waals surface area contributed by atoms with E-state index in [1.54, 1.807) is 4.90 Å². The molecule has 0 aliphatic carbocycles. The molecule has 6 nitrogen and oxygen atoms in total. The molecule has 0 aliphatic rings. The topological polar surface area (TPSA) is 98.1 Å². The number of anilines is 2. The highest BCUT2D eigenvalue weighted by molar-refractivity contribution is 9.10. The minimum Gasteiger partial charge on any atom is -0.383 e. The summed E-state index contributed by atoms with van der Waals surface area (Å²) in [5, 5.41) is 0. The lowest BCUT2D eigenvalue weighted by atomic mass is 10.4. The van der Waals surface area contributed by atoms with Crippen molar-refractivity contribution in [3.05, 3.63) is 10.8 Å². The van der Waals surface area contributed by atoms with E-state index in [1.165, 1.54) is 6.33 Å². The number of likely N-dealkylation sites (N-methyl/N-ethyl adjacent to an activating group) is 1.